The molecular formula is C20H19N5O2S. The summed E-state index contributed by atoms with van der Waals surface area (Å²) in [6.45, 7) is 3.99. The topological polar surface area (TPSA) is 95.5 Å². The van der Waals surface area contributed by atoms with E-state index in [1.807, 2.05) is 56.3 Å². The van der Waals surface area contributed by atoms with Gasteiger partial charge in [0.1, 0.15) is 6.04 Å². The summed E-state index contributed by atoms with van der Waals surface area (Å²) in [5.41, 5.74) is 3.79. The largest absolute Gasteiger partial charge is 0.324 e. The number of aromatic nitrogens is 1. The van der Waals surface area contributed by atoms with Crippen LogP contribution in [0.1, 0.15) is 17.5 Å². The van der Waals surface area contributed by atoms with Gasteiger partial charge >= 0.3 is 0 Å². The van der Waals surface area contributed by atoms with E-state index in [4.69, 9.17) is 0 Å². The molecule has 3 aromatic rings. The van der Waals surface area contributed by atoms with Crippen molar-refractivity contribution >= 4 is 50.1 Å². The molecule has 28 heavy (non-hydrogen) atoms. The maximum absolute atomic E-state index is 12.6. The number of para-hydroxylation sites is 1. The number of benzene rings is 2. The van der Waals surface area contributed by atoms with Gasteiger partial charge in [0.05, 0.1) is 16.6 Å². The number of thiazole rings is 1. The zero-order valence-electron chi connectivity index (χ0n) is 15.4. The number of fused-ring (bicyclic) bond motifs is 1. The predicted molar refractivity (Wildman–Crippen MR) is 112 cm³/mol. The van der Waals surface area contributed by atoms with Gasteiger partial charge in [0.2, 0.25) is 17.8 Å². The predicted octanol–water partition coefficient (Wildman–Crippen LogP) is 3.21. The molecule has 0 saturated carbocycles. The van der Waals surface area contributed by atoms with Gasteiger partial charge in [-0.15, -0.1) is 0 Å². The number of carbonyl (C=O) groups is 2. The van der Waals surface area contributed by atoms with E-state index < -0.39 is 6.04 Å². The molecule has 3 N–H and O–H groups in total. The van der Waals surface area contributed by atoms with E-state index in [1.165, 1.54) is 11.3 Å². The second-order valence-electron chi connectivity index (χ2n) is 6.65. The normalized spacial score (nSPS) is 16.4. The van der Waals surface area contributed by atoms with Gasteiger partial charge in [-0.2, -0.15) is 0 Å². The fourth-order valence-electron chi connectivity index (χ4n) is 2.88. The average Bonchev–Trinajstić information content (AvgIpc) is 3.06. The maximum Gasteiger partial charge on any atom is 0.249 e. The van der Waals surface area contributed by atoms with Crippen LogP contribution in [0, 0.1) is 13.8 Å². The van der Waals surface area contributed by atoms with Crippen LogP contribution in [0.2, 0.25) is 0 Å². The van der Waals surface area contributed by atoms with Crippen LogP contribution in [0.3, 0.4) is 0 Å². The highest BCUT2D eigenvalue weighted by molar-refractivity contribution is 7.22. The van der Waals surface area contributed by atoms with Gasteiger partial charge in [-0.1, -0.05) is 29.5 Å². The van der Waals surface area contributed by atoms with E-state index in [-0.39, 0.29) is 24.2 Å². The third-order valence-electron chi connectivity index (χ3n) is 4.52. The Balaban J connectivity index is 1.51. The molecule has 2 amide bonds. The molecule has 1 aliphatic rings. The molecule has 8 heteroatoms. The highest BCUT2D eigenvalue weighted by Gasteiger charge is 2.27. The quantitative estimate of drug-likeness (QED) is 0.637. The Bertz CT molecular complexity index is 1070. The Morgan fingerprint density at radius 1 is 1.18 bits per heavy atom. The van der Waals surface area contributed by atoms with Crippen molar-refractivity contribution in [3.8, 4) is 0 Å². The highest BCUT2D eigenvalue weighted by Crippen LogP contribution is 2.25. The minimum atomic E-state index is -0.799. The van der Waals surface area contributed by atoms with Crippen LogP contribution >= 0.6 is 11.3 Å². The Morgan fingerprint density at radius 3 is 2.79 bits per heavy atom. The number of nitrogens with one attached hydrogen (secondary N) is 3. The molecule has 0 spiro atoms. The van der Waals surface area contributed by atoms with Crippen molar-refractivity contribution in [2.45, 2.75) is 26.3 Å². The molecule has 142 valence electrons. The first-order chi connectivity index (χ1) is 13.5. The number of amides is 2. The van der Waals surface area contributed by atoms with E-state index in [0.29, 0.717) is 10.8 Å². The summed E-state index contributed by atoms with van der Waals surface area (Å²) < 4.78 is 1.02. The molecule has 1 aliphatic heterocycles. The van der Waals surface area contributed by atoms with Gasteiger partial charge < -0.3 is 10.6 Å². The van der Waals surface area contributed by atoms with Gasteiger partial charge in [-0.25, -0.2) is 9.98 Å². The lowest BCUT2D eigenvalue weighted by molar-refractivity contribution is -0.124. The van der Waals surface area contributed by atoms with Gasteiger partial charge in [-0.3, -0.25) is 14.9 Å². The third-order valence-corrected chi connectivity index (χ3v) is 5.47. The van der Waals surface area contributed by atoms with E-state index in [1.54, 1.807) is 0 Å². The monoisotopic (exact) mass is 393 g/mol. The van der Waals surface area contributed by atoms with Crippen molar-refractivity contribution in [1.29, 1.82) is 0 Å². The Kier molecular flexibility index (Phi) is 4.79. The van der Waals surface area contributed by atoms with Crippen LogP contribution in [-0.4, -0.2) is 28.8 Å². The number of aryl methyl sites for hydroxylation is 2. The molecule has 0 fully saturated rings. The number of hydrogen-bond acceptors (Lipinski definition) is 6. The molecule has 2 aromatic carbocycles. The smallest absolute Gasteiger partial charge is 0.249 e. The van der Waals surface area contributed by atoms with Crippen molar-refractivity contribution in [3.05, 3.63) is 53.6 Å². The van der Waals surface area contributed by atoms with Crippen LogP contribution in [0.15, 0.2) is 47.5 Å². The highest BCUT2D eigenvalue weighted by atomic mass is 32.1. The molecule has 0 saturated heterocycles. The number of hydrogen-bond donors (Lipinski definition) is 3. The summed E-state index contributed by atoms with van der Waals surface area (Å²) in [4.78, 5) is 33.5. The first-order valence-electron chi connectivity index (χ1n) is 8.86. The minimum absolute atomic E-state index is 0.00169. The molecule has 7 nitrogen and oxygen atoms in total. The number of nitrogens with zero attached hydrogens (tertiary/aromatic N) is 2. The lowest BCUT2D eigenvalue weighted by Gasteiger charge is -2.20. The standard InChI is InChI=1S/C20H19N5O2S/c1-11-7-8-13(9-12(11)2)21-18(27)15-10-17(26)24-19(22-15)25-20-23-14-5-3-4-6-16(14)28-20/h3-9,15H,10H2,1-2H3,(H,21,27)(H2,22,23,24,25,26)/t15-/m1/s1. The molecular weight excluding hydrogens is 374 g/mol. The number of guanidine groups is 1. The first-order valence-corrected chi connectivity index (χ1v) is 9.68. The molecule has 0 radical (unpaired) electrons. The van der Waals surface area contributed by atoms with Crippen LogP contribution < -0.4 is 16.0 Å². The number of aliphatic imine (C=N–C) groups is 1. The summed E-state index contributed by atoms with van der Waals surface area (Å²) in [5, 5.41) is 9.12. The zero-order valence-corrected chi connectivity index (χ0v) is 16.3. The van der Waals surface area contributed by atoms with Crippen LogP contribution in [0.25, 0.3) is 10.2 Å². The summed E-state index contributed by atoms with van der Waals surface area (Å²) in [6.07, 6.45) is 0.00169. The molecule has 1 atom stereocenters. The van der Waals surface area contributed by atoms with Gasteiger partial charge in [0.25, 0.3) is 0 Å². The van der Waals surface area contributed by atoms with Crippen molar-refractivity contribution < 1.29 is 9.59 Å². The Labute approximate surface area is 165 Å². The third kappa shape index (κ3) is 3.86. The number of carbonyl (C=O) groups excluding carboxylic acids is 2. The lowest BCUT2D eigenvalue weighted by Crippen LogP contribution is -2.45. The van der Waals surface area contributed by atoms with Crippen molar-refractivity contribution in [2.75, 3.05) is 10.6 Å². The zero-order chi connectivity index (χ0) is 19.7. The van der Waals surface area contributed by atoms with Gasteiger partial charge in [-0.05, 0) is 49.2 Å². The molecule has 0 aliphatic carbocycles. The fourth-order valence-corrected chi connectivity index (χ4v) is 3.74. The second-order valence-corrected chi connectivity index (χ2v) is 7.68. The second kappa shape index (κ2) is 7.40. The first kappa shape index (κ1) is 18.1. The number of anilines is 2. The Morgan fingerprint density at radius 2 is 2.00 bits per heavy atom. The number of rotatable bonds is 3. The minimum Gasteiger partial charge on any atom is -0.324 e. The van der Waals surface area contributed by atoms with E-state index in [2.05, 4.69) is 25.9 Å². The lowest BCUT2D eigenvalue weighted by atomic mass is 10.1. The summed E-state index contributed by atoms with van der Waals surface area (Å²) in [5.74, 6) is -0.351. The molecule has 0 unspecified atom stereocenters. The van der Waals surface area contributed by atoms with Crippen molar-refractivity contribution in [3.63, 3.8) is 0 Å². The Hall–Kier alpha value is -3.26. The van der Waals surface area contributed by atoms with E-state index >= 15 is 0 Å². The van der Waals surface area contributed by atoms with E-state index in [0.717, 1.165) is 21.3 Å². The summed E-state index contributed by atoms with van der Waals surface area (Å²) in [7, 11) is 0. The maximum atomic E-state index is 12.6. The molecule has 0 bridgehead atoms. The fraction of sp³-hybridized carbons (Fsp3) is 0.200. The summed E-state index contributed by atoms with van der Waals surface area (Å²) >= 11 is 1.45. The molecule has 4 rings (SSSR count). The van der Waals surface area contributed by atoms with Crippen molar-refractivity contribution in [2.24, 2.45) is 4.99 Å². The summed E-state index contributed by atoms with van der Waals surface area (Å²) in [6, 6.07) is 12.6. The van der Waals surface area contributed by atoms with Gasteiger partial charge in [0, 0.05) is 5.69 Å². The van der Waals surface area contributed by atoms with Crippen LogP contribution in [0.5, 0.6) is 0 Å². The van der Waals surface area contributed by atoms with Gasteiger partial charge in [0.15, 0.2) is 5.13 Å². The van der Waals surface area contributed by atoms with Crippen LogP contribution in [0.4, 0.5) is 10.8 Å². The molecule has 2 heterocycles. The molecule has 1 aromatic heterocycles. The van der Waals surface area contributed by atoms with Crippen molar-refractivity contribution in [1.82, 2.24) is 10.3 Å². The SMILES string of the molecule is Cc1ccc(NC(=O)[C@H]2CC(=O)NC(Nc3nc4ccccc4s3)=N2)cc1C. The van der Waals surface area contributed by atoms with E-state index in [9.17, 15) is 9.59 Å². The van der Waals surface area contributed by atoms with Crippen LogP contribution in [-0.2, 0) is 9.59 Å². The average molecular weight is 393 g/mol.